The van der Waals surface area contributed by atoms with Crippen molar-refractivity contribution in [2.75, 3.05) is 0 Å². The van der Waals surface area contributed by atoms with Crippen molar-refractivity contribution in [1.82, 2.24) is 40.1 Å². The van der Waals surface area contributed by atoms with Crippen molar-refractivity contribution in [1.29, 1.82) is 0 Å². The molecule has 6 rings (SSSR count). The van der Waals surface area contributed by atoms with Crippen LogP contribution in [-0.2, 0) is 0 Å². The molecule has 2 N–H and O–H groups in total. The Balaban J connectivity index is 1.52. The van der Waals surface area contributed by atoms with Crippen LogP contribution in [0.4, 0.5) is 4.39 Å². The largest absolute Gasteiger partial charge is 0.321 e. The molecule has 0 spiro atoms. The number of hydrogen-bond acceptors (Lipinski definition) is 6. The first-order valence-electron chi connectivity index (χ1n) is 9.47. The van der Waals surface area contributed by atoms with Gasteiger partial charge in [-0.25, -0.2) is 29.3 Å². The first kappa shape index (κ1) is 17.3. The van der Waals surface area contributed by atoms with Crippen LogP contribution in [-0.4, -0.2) is 40.1 Å². The monoisotopic (exact) mass is 408 g/mol. The van der Waals surface area contributed by atoms with E-state index < -0.39 is 0 Å². The third kappa shape index (κ3) is 2.91. The number of aromatic amines is 2. The van der Waals surface area contributed by atoms with Crippen LogP contribution in [0.1, 0.15) is 0 Å². The van der Waals surface area contributed by atoms with Crippen LogP contribution < -0.4 is 0 Å². The SMILES string of the molecule is Fc1cccc(-c2ccnc3[nH]c(-c4n[nH]c5ncc(-c6cncnc6)cc45)nc23)c1. The number of halogens is 1. The van der Waals surface area contributed by atoms with E-state index in [1.165, 1.54) is 18.5 Å². The zero-order chi connectivity index (χ0) is 20.8. The fraction of sp³-hybridized carbons (Fsp3) is 0. The first-order valence-corrected chi connectivity index (χ1v) is 9.47. The molecule has 5 aromatic heterocycles. The Kier molecular flexibility index (Phi) is 3.79. The van der Waals surface area contributed by atoms with Gasteiger partial charge in [0.05, 0.1) is 5.39 Å². The quantitative estimate of drug-likeness (QED) is 0.455. The Morgan fingerprint density at radius 3 is 2.61 bits per heavy atom. The second-order valence-electron chi connectivity index (χ2n) is 6.97. The summed E-state index contributed by atoms with van der Waals surface area (Å²) in [5.74, 6) is 0.237. The lowest BCUT2D eigenvalue weighted by molar-refractivity contribution is 0.628. The molecule has 0 unspecified atom stereocenters. The molecule has 1 aromatic carbocycles. The van der Waals surface area contributed by atoms with Gasteiger partial charge in [-0.15, -0.1) is 0 Å². The topological polar surface area (TPSA) is 109 Å². The summed E-state index contributed by atoms with van der Waals surface area (Å²) in [6.45, 7) is 0. The second kappa shape index (κ2) is 6.77. The van der Waals surface area contributed by atoms with E-state index in [1.807, 2.05) is 18.2 Å². The number of hydrogen-bond donors (Lipinski definition) is 2. The van der Waals surface area contributed by atoms with Crippen molar-refractivity contribution in [3.8, 4) is 33.8 Å². The predicted octanol–water partition coefficient (Wildman–Crippen LogP) is 4.16. The normalized spacial score (nSPS) is 11.4. The van der Waals surface area contributed by atoms with Crippen LogP contribution in [0, 0.1) is 5.82 Å². The predicted molar refractivity (Wildman–Crippen MR) is 113 cm³/mol. The fourth-order valence-electron chi connectivity index (χ4n) is 3.60. The standard InChI is InChI=1S/C22H13FN8/c23-15-3-1-2-12(6-15)16-4-5-26-21-18(16)28-22(29-21)19-17-7-13(10-27-20(17)31-30-19)14-8-24-11-25-9-14/h1-11H,(H,26,28,29)(H,27,30,31). The van der Waals surface area contributed by atoms with E-state index in [4.69, 9.17) is 4.98 Å². The summed E-state index contributed by atoms with van der Waals surface area (Å²) in [5.41, 5.74) is 5.71. The molecule has 31 heavy (non-hydrogen) atoms. The van der Waals surface area contributed by atoms with Crippen LogP contribution in [0.3, 0.4) is 0 Å². The van der Waals surface area contributed by atoms with Crippen molar-refractivity contribution < 1.29 is 4.39 Å². The maximum absolute atomic E-state index is 13.8. The van der Waals surface area contributed by atoms with Gasteiger partial charge >= 0.3 is 0 Å². The summed E-state index contributed by atoms with van der Waals surface area (Å²) in [6.07, 6.45) is 8.35. The van der Waals surface area contributed by atoms with Gasteiger partial charge in [0.2, 0.25) is 0 Å². The van der Waals surface area contributed by atoms with Crippen LogP contribution in [0.25, 0.3) is 56.0 Å². The molecule has 9 heteroatoms. The van der Waals surface area contributed by atoms with E-state index in [-0.39, 0.29) is 5.82 Å². The highest BCUT2D eigenvalue weighted by Crippen LogP contribution is 2.31. The van der Waals surface area contributed by atoms with Crippen LogP contribution in [0.5, 0.6) is 0 Å². The average molecular weight is 408 g/mol. The van der Waals surface area contributed by atoms with Crippen molar-refractivity contribution in [3.05, 3.63) is 73.3 Å². The molecular weight excluding hydrogens is 395 g/mol. The third-order valence-electron chi connectivity index (χ3n) is 5.05. The summed E-state index contributed by atoms with van der Waals surface area (Å²) in [4.78, 5) is 24.9. The van der Waals surface area contributed by atoms with Gasteiger partial charge in [0.15, 0.2) is 17.1 Å². The van der Waals surface area contributed by atoms with Gasteiger partial charge in [0, 0.05) is 41.5 Å². The number of nitrogens with one attached hydrogen (secondary N) is 2. The molecule has 0 atom stereocenters. The number of pyridine rings is 2. The third-order valence-corrected chi connectivity index (χ3v) is 5.05. The highest BCUT2D eigenvalue weighted by atomic mass is 19.1. The smallest absolute Gasteiger partial charge is 0.161 e. The van der Waals surface area contributed by atoms with Crippen molar-refractivity contribution in [3.63, 3.8) is 0 Å². The van der Waals surface area contributed by atoms with Gasteiger partial charge in [-0.1, -0.05) is 12.1 Å². The number of imidazole rings is 1. The number of rotatable bonds is 3. The second-order valence-corrected chi connectivity index (χ2v) is 6.97. The average Bonchev–Trinajstić information content (AvgIpc) is 3.43. The zero-order valence-electron chi connectivity index (χ0n) is 15.9. The van der Waals surface area contributed by atoms with Gasteiger partial charge in [0.1, 0.15) is 23.4 Å². The molecule has 0 fully saturated rings. The molecule has 6 aromatic rings. The minimum absolute atomic E-state index is 0.306. The van der Waals surface area contributed by atoms with Gasteiger partial charge in [-0.3, -0.25) is 5.10 Å². The van der Waals surface area contributed by atoms with Crippen LogP contribution in [0.2, 0.25) is 0 Å². The molecular formula is C22H13FN8. The maximum Gasteiger partial charge on any atom is 0.161 e. The number of fused-ring (bicyclic) bond motifs is 2. The van der Waals surface area contributed by atoms with Crippen LogP contribution >= 0.6 is 0 Å². The minimum Gasteiger partial charge on any atom is -0.321 e. The highest BCUT2D eigenvalue weighted by Gasteiger charge is 2.17. The lowest BCUT2D eigenvalue weighted by atomic mass is 10.1. The lowest BCUT2D eigenvalue weighted by Crippen LogP contribution is -1.86. The fourth-order valence-corrected chi connectivity index (χ4v) is 3.60. The molecule has 8 nitrogen and oxygen atoms in total. The molecule has 5 heterocycles. The number of benzene rings is 1. The summed E-state index contributed by atoms with van der Waals surface area (Å²) >= 11 is 0. The minimum atomic E-state index is -0.306. The van der Waals surface area contributed by atoms with E-state index in [2.05, 4.69) is 35.1 Å². The molecule has 0 saturated heterocycles. The molecule has 0 radical (unpaired) electrons. The molecule has 0 aliphatic rings. The maximum atomic E-state index is 13.8. The van der Waals surface area contributed by atoms with E-state index >= 15 is 0 Å². The van der Waals surface area contributed by atoms with E-state index in [0.29, 0.717) is 28.3 Å². The molecule has 0 aliphatic heterocycles. The Labute approximate surface area is 174 Å². The van der Waals surface area contributed by atoms with Crippen molar-refractivity contribution in [2.24, 2.45) is 0 Å². The molecule has 0 bridgehead atoms. The molecule has 0 amide bonds. The van der Waals surface area contributed by atoms with E-state index in [0.717, 1.165) is 27.6 Å². The van der Waals surface area contributed by atoms with Crippen molar-refractivity contribution in [2.45, 2.75) is 0 Å². The summed E-state index contributed by atoms with van der Waals surface area (Å²) in [5, 5.41) is 8.15. The Hall–Kier alpha value is -4.53. The molecule has 148 valence electrons. The lowest BCUT2D eigenvalue weighted by Gasteiger charge is -2.02. The molecule has 0 saturated carbocycles. The summed E-state index contributed by atoms with van der Waals surface area (Å²) < 4.78 is 13.8. The van der Waals surface area contributed by atoms with Gasteiger partial charge in [0.25, 0.3) is 0 Å². The van der Waals surface area contributed by atoms with Crippen LogP contribution in [0.15, 0.2) is 67.5 Å². The Bertz CT molecular complexity index is 1550. The summed E-state index contributed by atoms with van der Waals surface area (Å²) in [6, 6.07) is 10.2. The number of nitrogens with zero attached hydrogens (tertiary/aromatic N) is 6. The van der Waals surface area contributed by atoms with E-state index in [9.17, 15) is 4.39 Å². The van der Waals surface area contributed by atoms with Gasteiger partial charge in [-0.2, -0.15) is 5.10 Å². The highest BCUT2D eigenvalue weighted by molar-refractivity contribution is 5.96. The summed E-state index contributed by atoms with van der Waals surface area (Å²) in [7, 11) is 0. The van der Waals surface area contributed by atoms with Gasteiger partial charge in [-0.05, 0) is 29.8 Å². The Morgan fingerprint density at radius 2 is 1.74 bits per heavy atom. The van der Waals surface area contributed by atoms with Gasteiger partial charge < -0.3 is 4.98 Å². The molecule has 0 aliphatic carbocycles. The number of aromatic nitrogens is 8. The number of H-pyrrole nitrogens is 2. The zero-order valence-corrected chi connectivity index (χ0v) is 15.9. The Morgan fingerprint density at radius 1 is 0.839 bits per heavy atom. The first-order chi connectivity index (χ1) is 15.3. The van der Waals surface area contributed by atoms with E-state index in [1.54, 1.807) is 30.9 Å². The van der Waals surface area contributed by atoms with Crippen molar-refractivity contribution >= 4 is 22.2 Å².